The summed E-state index contributed by atoms with van der Waals surface area (Å²) in [6, 6.07) is 5.44. The van der Waals surface area contributed by atoms with E-state index >= 15 is 0 Å². The van der Waals surface area contributed by atoms with Gasteiger partial charge in [0.15, 0.2) is 0 Å². The second kappa shape index (κ2) is 7.55. The Morgan fingerprint density at radius 2 is 1.73 bits per heavy atom. The van der Waals surface area contributed by atoms with E-state index in [1.165, 1.54) is 44.5 Å². The Hall–Kier alpha value is -1.62. The lowest BCUT2D eigenvalue weighted by Crippen LogP contribution is -2.49. The zero-order chi connectivity index (χ0) is 18.1. The lowest BCUT2D eigenvalue weighted by atomic mass is 10.1. The largest absolute Gasteiger partial charge is 0.369 e. The highest BCUT2D eigenvalue weighted by atomic mass is 16.2. The summed E-state index contributed by atoms with van der Waals surface area (Å²) in [6.07, 6.45) is 7.71. The molecule has 1 saturated carbocycles. The second-order valence-corrected chi connectivity index (χ2v) is 8.22. The van der Waals surface area contributed by atoms with Crippen molar-refractivity contribution >= 4 is 11.6 Å². The number of rotatable bonds is 3. The molecule has 1 atom stereocenters. The van der Waals surface area contributed by atoms with Crippen LogP contribution in [0.15, 0.2) is 12.1 Å². The summed E-state index contributed by atoms with van der Waals surface area (Å²) in [7, 11) is 0. The fourth-order valence-electron chi connectivity index (χ4n) is 5.09. The van der Waals surface area contributed by atoms with Crippen molar-refractivity contribution < 1.29 is 4.79 Å². The van der Waals surface area contributed by atoms with Crippen LogP contribution in [-0.4, -0.2) is 59.5 Å². The Kier molecular flexibility index (Phi) is 5.16. The van der Waals surface area contributed by atoms with Gasteiger partial charge in [-0.15, -0.1) is 0 Å². The molecule has 5 nitrogen and oxygen atoms in total. The number of hydrogen-bond acceptors (Lipinski definition) is 4. The second-order valence-electron chi connectivity index (χ2n) is 8.22. The molecule has 0 spiro atoms. The molecule has 1 amide bonds. The van der Waals surface area contributed by atoms with Crippen LogP contribution in [0.1, 0.15) is 62.9 Å². The van der Waals surface area contributed by atoms with Crippen LogP contribution in [0, 0.1) is 6.92 Å². The van der Waals surface area contributed by atoms with Crippen LogP contribution in [-0.2, 0) is 4.79 Å². The smallest absolute Gasteiger partial charge is 0.220 e. The number of likely N-dealkylation sites (tertiary alicyclic amines) is 1. The summed E-state index contributed by atoms with van der Waals surface area (Å²) in [5, 5.41) is 0. The minimum absolute atomic E-state index is 0.158. The highest BCUT2D eigenvalue weighted by molar-refractivity contribution is 5.74. The molecule has 3 fully saturated rings. The van der Waals surface area contributed by atoms with Gasteiger partial charge in [-0.3, -0.25) is 14.7 Å². The van der Waals surface area contributed by atoms with Crippen LogP contribution in [0.2, 0.25) is 0 Å². The normalized spacial score (nSPS) is 25.2. The first-order chi connectivity index (χ1) is 12.6. The third-order valence-electron chi connectivity index (χ3n) is 6.48. The molecule has 142 valence electrons. The van der Waals surface area contributed by atoms with Gasteiger partial charge in [0.2, 0.25) is 5.91 Å². The van der Waals surface area contributed by atoms with Crippen molar-refractivity contribution in [3.05, 3.63) is 23.5 Å². The standard InChI is InChI=1S/C21H32N4O/c1-16-14-19(15-20(22-16)21-8-5-9-25(21)17(2)26)24-12-10-23(11-13-24)18-6-3-4-7-18/h14-15,18,21H,3-13H2,1-2H3/t21-/m0/s1. The average Bonchev–Trinajstić information content (AvgIpc) is 3.33. The Labute approximate surface area is 157 Å². The number of aryl methyl sites for hydroxylation is 1. The highest BCUT2D eigenvalue weighted by Gasteiger charge is 2.30. The number of carbonyl (C=O) groups excluding carboxylic acids is 1. The van der Waals surface area contributed by atoms with Crippen molar-refractivity contribution in [2.24, 2.45) is 0 Å². The lowest BCUT2D eigenvalue weighted by Gasteiger charge is -2.39. The van der Waals surface area contributed by atoms with Crippen LogP contribution in [0.25, 0.3) is 0 Å². The summed E-state index contributed by atoms with van der Waals surface area (Å²) in [5.41, 5.74) is 3.42. The van der Waals surface area contributed by atoms with Crippen molar-refractivity contribution in [1.82, 2.24) is 14.8 Å². The molecular weight excluding hydrogens is 324 g/mol. The Morgan fingerprint density at radius 1 is 1.00 bits per heavy atom. The first-order valence-electron chi connectivity index (χ1n) is 10.4. The third-order valence-corrected chi connectivity index (χ3v) is 6.48. The molecule has 1 aromatic rings. The van der Waals surface area contributed by atoms with Crippen LogP contribution in [0.4, 0.5) is 5.69 Å². The molecule has 0 unspecified atom stereocenters. The summed E-state index contributed by atoms with van der Waals surface area (Å²) >= 11 is 0. The first kappa shape index (κ1) is 17.8. The Bertz CT molecular complexity index is 647. The van der Waals surface area contributed by atoms with Crippen LogP contribution >= 0.6 is 0 Å². The van der Waals surface area contributed by atoms with Crippen LogP contribution in [0.5, 0.6) is 0 Å². The molecule has 0 N–H and O–H groups in total. The Balaban J connectivity index is 1.47. The molecule has 0 bridgehead atoms. The van der Waals surface area contributed by atoms with Gasteiger partial charge in [0.25, 0.3) is 0 Å². The van der Waals surface area contributed by atoms with Crippen LogP contribution in [0.3, 0.4) is 0 Å². The number of hydrogen-bond donors (Lipinski definition) is 0. The van der Waals surface area contributed by atoms with E-state index in [2.05, 4.69) is 28.9 Å². The van der Waals surface area contributed by atoms with E-state index in [1.807, 2.05) is 4.90 Å². The van der Waals surface area contributed by atoms with Gasteiger partial charge in [-0.2, -0.15) is 0 Å². The van der Waals surface area contributed by atoms with Gasteiger partial charge in [0.05, 0.1) is 11.7 Å². The quantitative estimate of drug-likeness (QED) is 0.834. The zero-order valence-corrected chi connectivity index (χ0v) is 16.3. The maximum atomic E-state index is 11.9. The molecular formula is C21H32N4O. The topological polar surface area (TPSA) is 39.7 Å². The number of anilines is 1. The molecule has 3 aliphatic rings. The Morgan fingerprint density at radius 3 is 2.42 bits per heavy atom. The van der Waals surface area contributed by atoms with Gasteiger partial charge in [-0.25, -0.2) is 0 Å². The van der Waals surface area contributed by atoms with Crippen LogP contribution < -0.4 is 4.90 Å². The first-order valence-corrected chi connectivity index (χ1v) is 10.4. The predicted octanol–water partition coefficient (Wildman–Crippen LogP) is 3.14. The number of piperazine rings is 1. The SMILES string of the molecule is CC(=O)N1CCC[C@H]1c1cc(N2CCN(C3CCCC3)CC2)cc(C)n1. The molecule has 1 aromatic heterocycles. The van der Waals surface area contributed by atoms with Gasteiger partial charge >= 0.3 is 0 Å². The molecule has 4 rings (SSSR count). The molecule has 0 aromatic carbocycles. The maximum Gasteiger partial charge on any atom is 0.220 e. The van der Waals surface area contributed by atoms with Crippen molar-refractivity contribution in [3.8, 4) is 0 Å². The average molecular weight is 357 g/mol. The summed E-state index contributed by atoms with van der Waals surface area (Å²) < 4.78 is 0. The number of pyridine rings is 1. The number of carbonyl (C=O) groups is 1. The fourth-order valence-corrected chi connectivity index (χ4v) is 5.09. The van der Waals surface area contributed by atoms with E-state index < -0.39 is 0 Å². The van der Waals surface area contributed by atoms with E-state index in [4.69, 9.17) is 4.98 Å². The third kappa shape index (κ3) is 3.59. The molecule has 3 heterocycles. The van der Waals surface area contributed by atoms with Gasteiger partial charge < -0.3 is 9.80 Å². The van der Waals surface area contributed by atoms with Crippen molar-refractivity contribution in [1.29, 1.82) is 0 Å². The molecule has 1 aliphatic carbocycles. The summed E-state index contributed by atoms with van der Waals surface area (Å²) in [5.74, 6) is 0.169. The van der Waals surface area contributed by atoms with E-state index in [0.29, 0.717) is 0 Å². The van der Waals surface area contributed by atoms with E-state index in [0.717, 1.165) is 49.9 Å². The number of amides is 1. The van der Waals surface area contributed by atoms with Gasteiger partial charge in [0, 0.05) is 57.1 Å². The molecule has 2 aliphatic heterocycles. The van der Waals surface area contributed by atoms with Crippen molar-refractivity contribution in [3.63, 3.8) is 0 Å². The number of nitrogens with zero attached hydrogens (tertiary/aromatic N) is 4. The predicted molar refractivity (Wildman–Crippen MR) is 104 cm³/mol. The zero-order valence-electron chi connectivity index (χ0n) is 16.3. The molecule has 0 radical (unpaired) electrons. The molecule has 26 heavy (non-hydrogen) atoms. The highest BCUT2D eigenvalue weighted by Crippen LogP contribution is 2.33. The summed E-state index contributed by atoms with van der Waals surface area (Å²) in [6.45, 7) is 9.16. The van der Waals surface area contributed by atoms with Gasteiger partial charge in [-0.05, 0) is 44.7 Å². The fraction of sp³-hybridized carbons (Fsp3) is 0.714. The minimum atomic E-state index is 0.158. The van der Waals surface area contributed by atoms with E-state index in [-0.39, 0.29) is 11.9 Å². The van der Waals surface area contributed by atoms with Crippen molar-refractivity contribution in [2.75, 3.05) is 37.6 Å². The van der Waals surface area contributed by atoms with Gasteiger partial charge in [0.1, 0.15) is 0 Å². The molecule has 2 saturated heterocycles. The van der Waals surface area contributed by atoms with E-state index in [9.17, 15) is 4.79 Å². The minimum Gasteiger partial charge on any atom is -0.369 e. The maximum absolute atomic E-state index is 11.9. The van der Waals surface area contributed by atoms with Gasteiger partial charge in [-0.1, -0.05) is 12.8 Å². The monoisotopic (exact) mass is 356 g/mol. The number of aromatic nitrogens is 1. The van der Waals surface area contributed by atoms with E-state index in [1.54, 1.807) is 6.92 Å². The van der Waals surface area contributed by atoms with Crippen molar-refractivity contribution in [2.45, 2.75) is 64.5 Å². The molecule has 5 heteroatoms. The lowest BCUT2D eigenvalue weighted by molar-refractivity contribution is -0.129. The summed E-state index contributed by atoms with van der Waals surface area (Å²) in [4.78, 5) is 23.9.